The van der Waals surface area contributed by atoms with Crippen LogP contribution in [0.3, 0.4) is 0 Å². The van der Waals surface area contributed by atoms with Crippen molar-refractivity contribution >= 4 is 11.6 Å². The highest BCUT2D eigenvalue weighted by atomic mass is 19.4. The van der Waals surface area contributed by atoms with E-state index in [2.05, 4.69) is 10.2 Å². The second-order valence-electron chi connectivity index (χ2n) is 7.80. The predicted molar refractivity (Wildman–Crippen MR) is 112 cm³/mol. The normalized spacial score (nSPS) is 18.4. The number of anilines is 1. The number of nitrogens with one attached hydrogen (secondary N) is 1. The van der Waals surface area contributed by atoms with Crippen molar-refractivity contribution in [2.24, 2.45) is 0 Å². The number of likely N-dealkylation sites (tertiary alicyclic amines) is 1. The summed E-state index contributed by atoms with van der Waals surface area (Å²) in [6, 6.07) is 12.1. The number of alkyl halides is 3. The molecular weight excluding hydrogens is 409 g/mol. The zero-order chi connectivity index (χ0) is 22.4. The molecule has 0 aliphatic carbocycles. The van der Waals surface area contributed by atoms with Crippen molar-refractivity contribution in [3.63, 3.8) is 0 Å². The summed E-state index contributed by atoms with van der Waals surface area (Å²) in [5.74, 6) is 0.416. The Labute approximate surface area is 179 Å². The maximum atomic E-state index is 12.8. The number of carbonyl (C=O) groups is 1. The quantitative estimate of drug-likeness (QED) is 0.664. The lowest BCUT2D eigenvalue weighted by molar-refractivity contribution is -0.137. The lowest BCUT2D eigenvalue weighted by Crippen LogP contribution is -2.40. The Kier molecular flexibility index (Phi) is 7.56. The van der Waals surface area contributed by atoms with Crippen LogP contribution in [-0.4, -0.2) is 41.7 Å². The van der Waals surface area contributed by atoms with Gasteiger partial charge in [0.2, 0.25) is 5.91 Å². The Morgan fingerprint density at radius 1 is 1.16 bits per heavy atom. The van der Waals surface area contributed by atoms with E-state index in [1.807, 2.05) is 0 Å². The highest BCUT2D eigenvalue weighted by molar-refractivity contribution is 5.88. The predicted octanol–water partition coefficient (Wildman–Crippen LogP) is 4.63. The molecule has 0 bridgehead atoms. The molecule has 168 valence electrons. The first-order chi connectivity index (χ1) is 14.7. The zero-order valence-electron chi connectivity index (χ0n) is 17.4. The van der Waals surface area contributed by atoms with E-state index in [9.17, 15) is 23.1 Å². The van der Waals surface area contributed by atoms with Gasteiger partial charge in [-0.05, 0) is 61.3 Å². The topological polar surface area (TPSA) is 61.8 Å². The SMILES string of the molecule is CC(=O)Nc1ccc(OCC(O)CN2CCCCC2c2ccc(C(F)(F)F)cc2)cc1. The second kappa shape index (κ2) is 10.2. The summed E-state index contributed by atoms with van der Waals surface area (Å²) in [5.41, 5.74) is 0.832. The fourth-order valence-electron chi connectivity index (χ4n) is 3.83. The number of piperidine rings is 1. The summed E-state index contributed by atoms with van der Waals surface area (Å²) in [6.45, 7) is 2.67. The highest BCUT2D eigenvalue weighted by Gasteiger charge is 2.31. The smallest absolute Gasteiger partial charge is 0.416 e. The minimum atomic E-state index is -4.35. The molecule has 0 saturated carbocycles. The van der Waals surface area contributed by atoms with Crippen molar-refractivity contribution in [3.05, 3.63) is 59.7 Å². The first-order valence-electron chi connectivity index (χ1n) is 10.3. The summed E-state index contributed by atoms with van der Waals surface area (Å²) >= 11 is 0. The minimum Gasteiger partial charge on any atom is -0.491 e. The minimum absolute atomic E-state index is 0.0253. The van der Waals surface area contributed by atoms with Crippen LogP contribution in [0.5, 0.6) is 5.75 Å². The second-order valence-corrected chi connectivity index (χ2v) is 7.80. The van der Waals surface area contributed by atoms with E-state index >= 15 is 0 Å². The highest BCUT2D eigenvalue weighted by Crippen LogP contribution is 2.34. The van der Waals surface area contributed by atoms with E-state index < -0.39 is 17.8 Å². The summed E-state index contributed by atoms with van der Waals surface area (Å²) in [7, 11) is 0. The van der Waals surface area contributed by atoms with Crippen LogP contribution in [0.2, 0.25) is 0 Å². The number of hydrogen-bond donors (Lipinski definition) is 2. The monoisotopic (exact) mass is 436 g/mol. The third kappa shape index (κ3) is 6.70. The van der Waals surface area contributed by atoms with Gasteiger partial charge in [0.05, 0.1) is 5.56 Å². The van der Waals surface area contributed by atoms with Gasteiger partial charge in [-0.3, -0.25) is 9.69 Å². The summed E-state index contributed by atoms with van der Waals surface area (Å²) in [6.07, 6.45) is -2.28. The number of halogens is 3. The van der Waals surface area contributed by atoms with Gasteiger partial charge in [-0.15, -0.1) is 0 Å². The molecule has 2 aromatic carbocycles. The Balaban J connectivity index is 1.56. The number of nitrogens with zero attached hydrogens (tertiary/aromatic N) is 1. The van der Waals surface area contributed by atoms with Crippen LogP contribution >= 0.6 is 0 Å². The molecule has 3 rings (SSSR count). The van der Waals surface area contributed by atoms with Crippen molar-refractivity contribution in [2.45, 2.75) is 44.5 Å². The largest absolute Gasteiger partial charge is 0.491 e. The van der Waals surface area contributed by atoms with Crippen molar-refractivity contribution in [2.75, 3.05) is 25.0 Å². The van der Waals surface area contributed by atoms with Crippen LogP contribution in [0.25, 0.3) is 0 Å². The van der Waals surface area contributed by atoms with Gasteiger partial charge in [0.25, 0.3) is 0 Å². The number of amides is 1. The molecule has 0 radical (unpaired) electrons. The standard InChI is InChI=1S/C23H27F3N2O3/c1-16(29)27-19-9-11-21(12-10-19)31-15-20(30)14-28-13-3-2-4-22(28)17-5-7-18(8-6-17)23(24,25)26/h5-12,20,22,30H,2-4,13-15H2,1H3,(H,27,29). The van der Waals surface area contributed by atoms with E-state index in [4.69, 9.17) is 4.74 Å². The third-order valence-electron chi connectivity index (χ3n) is 5.30. The van der Waals surface area contributed by atoms with Crippen LogP contribution in [-0.2, 0) is 11.0 Å². The number of ether oxygens (including phenoxy) is 1. The van der Waals surface area contributed by atoms with Crippen LogP contribution in [0.15, 0.2) is 48.5 Å². The van der Waals surface area contributed by atoms with Gasteiger partial charge in [0.15, 0.2) is 0 Å². The van der Waals surface area contributed by atoms with Gasteiger partial charge in [0.1, 0.15) is 18.5 Å². The Morgan fingerprint density at radius 2 is 1.84 bits per heavy atom. The number of aliphatic hydroxyl groups is 1. The first kappa shape index (κ1) is 23.1. The molecule has 1 aliphatic heterocycles. The maximum Gasteiger partial charge on any atom is 0.416 e. The van der Waals surface area contributed by atoms with Gasteiger partial charge in [-0.2, -0.15) is 13.2 Å². The molecule has 2 N–H and O–H groups in total. The average Bonchev–Trinajstić information content (AvgIpc) is 2.73. The Morgan fingerprint density at radius 3 is 2.45 bits per heavy atom. The van der Waals surface area contributed by atoms with Gasteiger partial charge in [-0.1, -0.05) is 18.6 Å². The molecule has 8 heteroatoms. The molecule has 0 spiro atoms. The molecule has 2 unspecified atom stereocenters. The molecule has 1 aliphatic rings. The van der Waals surface area contributed by atoms with Gasteiger partial charge in [0, 0.05) is 25.2 Å². The van der Waals surface area contributed by atoms with Crippen LogP contribution < -0.4 is 10.1 Å². The maximum absolute atomic E-state index is 12.8. The van der Waals surface area contributed by atoms with E-state index in [0.717, 1.165) is 43.5 Å². The van der Waals surface area contributed by atoms with Crippen molar-refractivity contribution < 1.29 is 27.8 Å². The zero-order valence-corrected chi connectivity index (χ0v) is 17.4. The van der Waals surface area contributed by atoms with Crippen molar-refractivity contribution in [3.8, 4) is 5.75 Å². The Hall–Kier alpha value is -2.58. The van der Waals surface area contributed by atoms with E-state index in [-0.39, 0.29) is 18.6 Å². The van der Waals surface area contributed by atoms with Crippen molar-refractivity contribution in [1.82, 2.24) is 4.90 Å². The fourth-order valence-corrected chi connectivity index (χ4v) is 3.83. The molecule has 31 heavy (non-hydrogen) atoms. The van der Waals surface area contributed by atoms with Gasteiger partial charge >= 0.3 is 6.18 Å². The molecule has 2 aromatic rings. The summed E-state index contributed by atoms with van der Waals surface area (Å²) in [4.78, 5) is 13.2. The first-order valence-corrected chi connectivity index (χ1v) is 10.3. The van der Waals surface area contributed by atoms with Crippen LogP contribution in [0, 0.1) is 0 Å². The molecule has 0 aromatic heterocycles. The Bertz CT molecular complexity index is 854. The summed E-state index contributed by atoms with van der Waals surface area (Å²) < 4.78 is 44.2. The molecule has 5 nitrogen and oxygen atoms in total. The van der Waals surface area contributed by atoms with Gasteiger partial charge < -0.3 is 15.2 Å². The fraction of sp³-hybridized carbons (Fsp3) is 0.435. The van der Waals surface area contributed by atoms with E-state index in [1.165, 1.54) is 19.1 Å². The van der Waals surface area contributed by atoms with Crippen LogP contribution in [0.1, 0.15) is 43.4 Å². The van der Waals surface area contributed by atoms with Gasteiger partial charge in [-0.25, -0.2) is 0 Å². The number of rotatable bonds is 7. The third-order valence-corrected chi connectivity index (χ3v) is 5.30. The van der Waals surface area contributed by atoms with E-state index in [0.29, 0.717) is 18.0 Å². The lowest BCUT2D eigenvalue weighted by atomic mass is 9.94. The molecule has 1 saturated heterocycles. The number of benzene rings is 2. The molecule has 2 atom stereocenters. The molecule has 1 amide bonds. The molecule has 1 heterocycles. The number of hydrogen-bond acceptors (Lipinski definition) is 4. The number of β-amino-alcohol motifs (C(OH)–C–C–N with tert-alkyl or cyclic N) is 1. The average molecular weight is 436 g/mol. The van der Waals surface area contributed by atoms with E-state index in [1.54, 1.807) is 24.3 Å². The molecule has 1 fully saturated rings. The summed E-state index contributed by atoms with van der Waals surface area (Å²) in [5, 5.41) is 13.1. The molecular formula is C23H27F3N2O3. The number of aliphatic hydroxyl groups excluding tert-OH is 1. The number of carbonyl (C=O) groups excluding carboxylic acids is 1. The lowest BCUT2D eigenvalue weighted by Gasteiger charge is -2.37. The van der Waals surface area contributed by atoms with Crippen LogP contribution in [0.4, 0.5) is 18.9 Å². The van der Waals surface area contributed by atoms with Crippen molar-refractivity contribution in [1.29, 1.82) is 0 Å².